The molecule has 0 saturated carbocycles. The number of hydrogen-bond donors (Lipinski definition) is 1. The van der Waals surface area contributed by atoms with Crippen LogP contribution in [0.3, 0.4) is 0 Å². The third kappa shape index (κ3) is 3.83. The molecule has 1 N–H and O–H groups in total. The molecule has 1 rings (SSSR count). The Morgan fingerprint density at radius 1 is 1.31 bits per heavy atom. The Kier molecular flexibility index (Phi) is 5.23. The van der Waals surface area contributed by atoms with Crippen LogP contribution >= 0.6 is 12.2 Å². The molecule has 0 heterocycles. The molecule has 0 bridgehead atoms. The van der Waals surface area contributed by atoms with Gasteiger partial charge in [0.1, 0.15) is 4.99 Å². The monoisotopic (exact) mass is 229 g/mol. The highest BCUT2D eigenvalue weighted by molar-refractivity contribution is 7.81. The highest BCUT2D eigenvalue weighted by Crippen LogP contribution is 2.09. The molecule has 0 aromatic heterocycles. The van der Waals surface area contributed by atoms with E-state index in [2.05, 4.69) is 11.9 Å². The summed E-state index contributed by atoms with van der Waals surface area (Å²) in [6.07, 6.45) is 7.58. The highest BCUT2D eigenvalue weighted by atomic mass is 32.1. The van der Waals surface area contributed by atoms with Crippen molar-refractivity contribution in [1.82, 2.24) is 0 Å². The summed E-state index contributed by atoms with van der Waals surface area (Å²) in [7, 11) is 0. The summed E-state index contributed by atoms with van der Waals surface area (Å²) >= 11 is 5.29. The second-order valence-electron chi connectivity index (χ2n) is 3.17. The third-order valence-corrected chi connectivity index (χ3v) is 2.32. The lowest BCUT2D eigenvalue weighted by molar-refractivity contribution is 1.63. The van der Waals surface area contributed by atoms with E-state index in [-0.39, 0.29) is 0 Å². The minimum atomic E-state index is 0.680. The number of anilines is 1. The number of allylic oxidation sites excluding steroid dienone is 3. The zero-order valence-electron chi connectivity index (χ0n) is 9.31. The van der Waals surface area contributed by atoms with E-state index in [0.717, 1.165) is 11.3 Å². The van der Waals surface area contributed by atoms with Crippen LogP contribution in [0, 0.1) is 0 Å². The van der Waals surface area contributed by atoms with Crippen molar-refractivity contribution in [2.75, 3.05) is 5.32 Å². The molecule has 0 spiro atoms. The lowest BCUT2D eigenvalue weighted by Gasteiger charge is -2.07. The van der Waals surface area contributed by atoms with Gasteiger partial charge in [-0.25, -0.2) is 0 Å². The summed E-state index contributed by atoms with van der Waals surface area (Å²) in [6.45, 7) is 5.71. The van der Waals surface area contributed by atoms with Gasteiger partial charge in [0.15, 0.2) is 0 Å². The molecule has 1 nitrogen and oxygen atoms in total. The Morgan fingerprint density at radius 3 is 2.56 bits per heavy atom. The van der Waals surface area contributed by atoms with Crippen LogP contribution in [0.5, 0.6) is 0 Å². The van der Waals surface area contributed by atoms with Crippen LogP contribution in [0.15, 0.2) is 66.8 Å². The molecule has 0 saturated heterocycles. The summed E-state index contributed by atoms with van der Waals surface area (Å²) in [4.78, 5) is 0.680. The number of para-hydroxylation sites is 1. The molecule has 0 aliphatic carbocycles. The van der Waals surface area contributed by atoms with Gasteiger partial charge < -0.3 is 5.32 Å². The van der Waals surface area contributed by atoms with Crippen molar-refractivity contribution in [3.05, 3.63) is 66.8 Å². The second-order valence-corrected chi connectivity index (χ2v) is 3.58. The van der Waals surface area contributed by atoms with Crippen molar-refractivity contribution in [2.45, 2.75) is 6.92 Å². The maximum Gasteiger partial charge on any atom is 0.110 e. The third-order valence-electron chi connectivity index (χ3n) is 1.98. The second kappa shape index (κ2) is 6.75. The summed E-state index contributed by atoms with van der Waals surface area (Å²) in [5, 5.41) is 3.16. The van der Waals surface area contributed by atoms with Gasteiger partial charge in [-0.2, -0.15) is 0 Å². The van der Waals surface area contributed by atoms with E-state index in [4.69, 9.17) is 12.2 Å². The average molecular weight is 229 g/mol. The van der Waals surface area contributed by atoms with Crippen LogP contribution in [0.2, 0.25) is 0 Å². The van der Waals surface area contributed by atoms with Crippen molar-refractivity contribution >= 4 is 22.9 Å². The van der Waals surface area contributed by atoms with Gasteiger partial charge in [-0.1, -0.05) is 61.3 Å². The first kappa shape index (κ1) is 12.4. The van der Waals surface area contributed by atoms with E-state index in [1.54, 1.807) is 6.08 Å². The zero-order valence-corrected chi connectivity index (χ0v) is 10.1. The van der Waals surface area contributed by atoms with E-state index in [0.29, 0.717) is 4.99 Å². The van der Waals surface area contributed by atoms with Gasteiger partial charge in [-0.15, -0.1) is 0 Å². The van der Waals surface area contributed by atoms with Gasteiger partial charge in [-0.3, -0.25) is 0 Å². The Balaban J connectivity index is 2.75. The van der Waals surface area contributed by atoms with Crippen LogP contribution in [0.1, 0.15) is 6.92 Å². The van der Waals surface area contributed by atoms with Crippen molar-refractivity contribution in [3.63, 3.8) is 0 Å². The lowest BCUT2D eigenvalue weighted by Crippen LogP contribution is -2.10. The van der Waals surface area contributed by atoms with Crippen LogP contribution < -0.4 is 5.32 Å². The van der Waals surface area contributed by atoms with E-state index < -0.39 is 0 Å². The van der Waals surface area contributed by atoms with Crippen molar-refractivity contribution in [3.8, 4) is 0 Å². The molecular weight excluding hydrogens is 214 g/mol. The topological polar surface area (TPSA) is 12.0 Å². The number of hydrogen-bond acceptors (Lipinski definition) is 1. The van der Waals surface area contributed by atoms with Crippen LogP contribution in [-0.4, -0.2) is 4.99 Å². The molecule has 0 atom stereocenters. The molecule has 2 heteroatoms. The largest absolute Gasteiger partial charge is 0.346 e. The lowest BCUT2D eigenvalue weighted by atomic mass is 10.2. The molecule has 82 valence electrons. The molecule has 0 radical (unpaired) electrons. The highest BCUT2D eigenvalue weighted by Gasteiger charge is 1.99. The summed E-state index contributed by atoms with van der Waals surface area (Å²) in [5.74, 6) is 0. The summed E-state index contributed by atoms with van der Waals surface area (Å²) < 4.78 is 0. The van der Waals surface area contributed by atoms with Gasteiger partial charge in [0, 0.05) is 11.3 Å². The van der Waals surface area contributed by atoms with Crippen molar-refractivity contribution < 1.29 is 0 Å². The van der Waals surface area contributed by atoms with Gasteiger partial charge in [-0.05, 0) is 19.1 Å². The predicted molar refractivity (Wildman–Crippen MR) is 75.8 cm³/mol. The Labute approximate surface area is 102 Å². The van der Waals surface area contributed by atoms with E-state index >= 15 is 0 Å². The molecule has 0 unspecified atom stereocenters. The number of benzene rings is 1. The number of thiocarbonyl (C=S) groups is 1. The molecule has 0 aliphatic heterocycles. The fraction of sp³-hybridized carbons (Fsp3) is 0.0714. The van der Waals surface area contributed by atoms with E-state index in [9.17, 15) is 0 Å². The quantitative estimate of drug-likeness (QED) is 0.473. The molecule has 16 heavy (non-hydrogen) atoms. The van der Waals surface area contributed by atoms with E-state index in [1.165, 1.54) is 0 Å². The van der Waals surface area contributed by atoms with Crippen molar-refractivity contribution in [1.29, 1.82) is 0 Å². The Hall–Kier alpha value is -1.67. The van der Waals surface area contributed by atoms with Crippen molar-refractivity contribution in [2.24, 2.45) is 0 Å². The first-order valence-electron chi connectivity index (χ1n) is 5.09. The smallest absolute Gasteiger partial charge is 0.110 e. The zero-order chi connectivity index (χ0) is 11.8. The molecule has 1 aromatic rings. The van der Waals surface area contributed by atoms with Crippen LogP contribution in [0.25, 0.3) is 0 Å². The fourth-order valence-corrected chi connectivity index (χ4v) is 1.43. The first-order chi connectivity index (χ1) is 7.77. The minimum absolute atomic E-state index is 0.680. The summed E-state index contributed by atoms with van der Waals surface area (Å²) in [5.41, 5.74) is 1.90. The standard InChI is InChI=1S/C14H15NS/c1-3-5-9-12(4-2)14(16)15-13-10-7-6-8-11-13/h3-11H,2H2,1H3,(H,15,16)/b5-3-,12-9+. The molecular formula is C14H15NS. The van der Waals surface area contributed by atoms with Crippen LogP contribution in [0.4, 0.5) is 5.69 Å². The molecule has 0 amide bonds. The van der Waals surface area contributed by atoms with Gasteiger partial charge in [0.25, 0.3) is 0 Å². The molecule has 0 aliphatic rings. The number of nitrogens with one attached hydrogen (secondary N) is 1. The predicted octanol–water partition coefficient (Wildman–Crippen LogP) is 4.11. The maximum absolute atomic E-state index is 5.29. The van der Waals surface area contributed by atoms with E-state index in [1.807, 2.05) is 55.5 Å². The minimum Gasteiger partial charge on any atom is -0.346 e. The maximum atomic E-state index is 5.29. The van der Waals surface area contributed by atoms with Gasteiger partial charge in [0.05, 0.1) is 0 Å². The van der Waals surface area contributed by atoms with Gasteiger partial charge in [0.2, 0.25) is 0 Å². The van der Waals surface area contributed by atoms with Gasteiger partial charge >= 0.3 is 0 Å². The molecule has 0 fully saturated rings. The van der Waals surface area contributed by atoms with Crippen LogP contribution in [-0.2, 0) is 0 Å². The summed E-state index contributed by atoms with van der Waals surface area (Å²) in [6, 6.07) is 9.85. The normalized spacial score (nSPS) is 11.4. The Bertz CT molecular complexity index is 416. The SMILES string of the molecule is C=C/C(=C\C=C/C)C(=S)Nc1ccccc1. The number of rotatable bonds is 4. The average Bonchev–Trinajstić information content (AvgIpc) is 2.31. The first-order valence-corrected chi connectivity index (χ1v) is 5.50. The Morgan fingerprint density at radius 2 is 2.00 bits per heavy atom. The fourth-order valence-electron chi connectivity index (χ4n) is 1.16. The molecule has 1 aromatic carbocycles.